The second-order valence-electron chi connectivity index (χ2n) is 6.94. The molecular formula is C18H35N3O3. The van der Waals surface area contributed by atoms with Gasteiger partial charge in [-0.3, -0.25) is 4.99 Å². The number of ether oxygens (including phenoxy) is 3. The molecule has 0 radical (unpaired) electrons. The lowest BCUT2D eigenvalue weighted by molar-refractivity contribution is -0.0817. The van der Waals surface area contributed by atoms with Crippen molar-refractivity contribution < 1.29 is 14.2 Å². The van der Waals surface area contributed by atoms with Gasteiger partial charge >= 0.3 is 0 Å². The van der Waals surface area contributed by atoms with Gasteiger partial charge in [0.05, 0.1) is 25.9 Å². The molecule has 2 heterocycles. The molecule has 140 valence electrons. The molecule has 2 saturated heterocycles. The topological polar surface area (TPSA) is 55.3 Å². The minimum atomic E-state index is 0.160. The van der Waals surface area contributed by atoms with Gasteiger partial charge in [0.1, 0.15) is 6.10 Å². The molecule has 2 fully saturated rings. The first-order chi connectivity index (χ1) is 11.7. The predicted octanol–water partition coefficient (Wildman–Crippen LogP) is 1.89. The van der Waals surface area contributed by atoms with Crippen molar-refractivity contribution >= 4 is 5.96 Å². The Bertz CT molecular complexity index is 371. The van der Waals surface area contributed by atoms with Crippen LogP contribution in [0.15, 0.2) is 4.99 Å². The second kappa shape index (κ2) is 10.9. The summed E-state index contributed by atoms with van der Waals surface area (Å²) in [6.07, 6.45) is 3.76. The summed E-state index contributed by atoms with van der Waals surface area (Å²) in [7, 11) is 0. The number of rotatable bonds is 8. The average Bonchev–Trinajstić information content (AvgIpc) is 3.11. The van der Waals surface area contributed by atoms with E-state index in [2.05, 4.69) is 31.0 Å². The molecule has 6 heteroatoms. The van der Waals surface area contributed by atoms with Gasteiger partial charge in [-0.05, 0) is 32.1 Å². The molecule has 24 heavy (non-hydrogen) atoms. The van der Waals surface area contributed by atoms with E-state index in [9.17, 15) is 0 Å². The summed E-state index contributed by atoms with van der Waals surface area (Å²) in [5.41, 5.74) is 0. The number of hydrogen-bond acceptors (Lipinski definition) is 4. The Hall–Kier alpha value is -0.850. The van der Waals surface area contributed by atoms with Gasteiger partial charge in [0.2, 0.25) is 0 Å². The van der Waals surface area contributed by atoms with E-state index in [1.807, 2.05) is 0 Å². The van der Waals surface area contributed by atoms with E-state index in [0.717, 1.165) is 64.7 Å². The van der Waals surface area contributed by atoms with Crippen molar-refractivity contribution in [3.8, 4) is 0 Å². The number of nitrogens with zero attached hydrogens (tertiary/aromatic N) is 2. The number of nitrogens with one attached hydrogen (secondary N) is 1. The lowest BCUT2D eigenvalue weighted by Crippen LogP contribution is -2.53. The first-order valence-corrected chi connectivity index (χ1v) is 9.55. The molecule has 0 saturated carbocycles. The van der Waals surface area contributed by atoms with Gasteiger partial charge in [-0.15, -0.1) is 0 Å². The Morgan fingerprint density at radius 2 is 2.08 bits per heavy atom. The van der Waals surface area contributed by atoms with E-state index in [-0.39, 0.29) is 12.2 Å². The van der Waals surface area contributed by atoms with Crippen LogP contribution in [0.2, 0.25) is 0 Å². The standard InChI is InChI=1S/C18H35N3O3/c1-4-19-18(20-8-12-22-11-7-15(2)3)21-9-13-24-17(14-21)16-6-5-10-23-16/h15-17H,4-14H2,1-3H3,(H,19,20). The fraction of sp³-hybridized carbons (Fsp3) is 0.944. The maximum atomic E-state index is 5.93. The van der Waals surface area contributed by atoms with E-state index < -0.39 is 0 Å². The van der Waals surface area contributed by atoms with Crippen molar-refractivity contribution in [1.82, 2.24) is 10.2 Å². The molecule has 0 aromatic carbocycles. The molecule has 1 N–H and O–H groups in total. The highest BCUT2D eigenvalue weighted by Crippen LogP contribution is 2.21. The summed E-state index contributed by atoms with van der Waals surface area (Å²) in [5.74, 6) is 1.66. The minimum Gasteiger partial charge on any atom is -0.380 e. The molecule has 2 aliphatic rings. The Morgan fingerprint density at radius 3 is 2.79 bits per heavy atom. The highest BCUT2D eigenvalue weighted by Gasteiger charge is 2.32. The molecule has 2 aliphatic heterocycles. The molecule has 0 spiro atoms. The van der Waals surface area contributed by atoms with Crippen LogP contribution in [-0.2, 0) is 14.2 Å². The zero-order valence-corrected chi connectivity index (χ0v) is 15.6. The van der Waals surface area contributed by atoms with Crippen LogP contribution in [0.1, 0.15) is 40.0 Å². The predicted molar refractivity (Wildman–Crippen MR) is 96.5 cm³/mol. The zero-order chi connectivity index (χ0) is 17.2. The van der Waals surface area contributed by atoms with Crippen molar-refractivity contribution in [3.63, 3.8) is 0 Å². The van der Waals surface area contributed by atoms with Crippen molar-refractivity contribution in [2.24, 2.45) is 10.9 Å². The smallest absolute Gasteiger partial charge is 0.194 e. The van der Waals surface area contributed by atoms with Crippen LogP contribution < -0.4 is 5.32 Å². The SMILES string of the molecule is CCNC(=NCCOCCC(C)C)N1CCOC(C2CCCO2)C1. The summed E-state index contributed by atoms with van der Waals surface area (Å²) in [6, 6.07) is 0. The molecule has 0 amide bonds. The number of guanidine groups is 1. The van der Waals surface area contributed by atoms with Crippen molar-refractivity contribution in [2.45, 2.75) is 52.2 Å². The Kier molecular flexibility index (Phi) is 8.84. The number of morpholine rings is 1. The van der Waals surface area contributed by atoms with Crippen LogP contribution >= 0.6 is 0 Å². The summed E-state index contributed by atoms with van der Waals surface area (Å²) in [4.78, 5) is 7.02. The third-order valence-electron chi connectivity index (χ3n) is 4.44. The molecule has 0 aromatic rings. The highest BCUT2D eigenvalue weighted by atomic mass is 16.5. The van der Waals surface area contributed by atoms with E-state index in [1.165, 1.54) is 0 Å². The largest absolute Gasteiger partial charge is 0.380 e. The lowest BCUT2D eigenvalue weighted by atomic mass is 10.1. The van der Waals surface area contributed by atoms with Gasteiger partial charge in [-0.25, -0.2) is 0 Å². The fourth-order valence-corrected chi connectivity index (χ4v) is 3.05. The van der Waals surface area contributed by atoms with E-state index >= 15 is 0 Å². The molecule has 2 unspecified atom stereocenters. The third-order valence-corrected chi connectivity index (χ3v) is 4.44. The van der Waals surface area contributed by atoms with Gasteiger partial charge in [0.25, 0.3) is 0 Å². The van der Waals surface area contributed by atoms with Gasteiger partial charge in [-0.2, -0.15) is 0 Å². The maximum Gasteiger partial charge on any atom is 0.194 e. The van der Waals surface area contributed by atoms with Crippen LogP contribution in [0.25, 0.3) is 0 Å². The van der Waals surface area contributed by atoms with Crippen LogP contribution in [0.3, 0.4) is 0 Å². The zero-order valence-electron chi connectivity index (χ0n) is 15.6. The van der Waals surface area contributed by atoms with E-state index in [4.69, 9.17) is 19.2 Å². The molecule has 0 aromatic heterocycles. The van der Waals surface area contributed by atoms with Crippen LogP contribution in [0.5, 0.6) is 0 Å². The van der Waals surface area contributed by atoms with Crippen molar-refractivity contribution in [1.29, 1.82) is 0 Å². The Balaban J connectivity index is 1.78. The monoisotopic (exact) mass is 341 g/mol. The quantitative estimate of drug-likeness (QED) is 0.415. The Labute approximate surface area is 146 Å². The summed E-state index contributed by atoms with van der Waals surface area (Å²) in [6.45, 7) is 12.9. The molecule has 2 atom stereocenters. The lowest BCUT2D eigenvalue weighted by Gasteiger charge is -2.37. The van der Waals surface area contributed by atoms with Crippen LogP contribution in [-0.4, -0.2) is 75.7 Å². The van der Waals surface area contributed by atoms with Crippen molar-refractivity contribution in [3.05, 3.63) is 0 Å². The van der Waals surface area contributed by atoms with E-state index in [1.54, 1.807) is 0 Å². The molecule has 2 rings (SSSR count). The van der Waals surface area contributed by atoms with Gasteiger partial charge in [-0.1, -0.05) is 13.8 Å². The van der Waals surface area contributed by atoms with Gasteiger partial charge in [0.15, 0.2) is 5.96 Å². The number of hydrogen-bond donors (Lipinski definition) is 1. The average molecular weight is 341 g/mol. The van der Waals surface area contributed by atoms with Gasteiger partial charge in [0, 0.05) is 32.8 Å². The van der Waals surface area contributed by atoms with Crippen molar-refractivity contribution in [2.75, 3.05) is 52.6 Å². The first-order valence-electron chi connectivity index (χ1n) is 9.55. The Morgan fingerprint density at radius 1 is 1.25 bits per heavy atom. The fourth-order valence-electron chi connectivity index (χ4n) is 3.05. The maximum absolute atomic E-state index is 5.93. The minimum absolute atomic E-state index is 0.160. The third kappa shape index (κ3) is 6.57. The normalized spacial score (nSPS) is 25.5. The molecular weight excluding hydrogens is 306 g/mol. The van der Waals surface area contributed by atoms with Gasteiger partial charge < -0.3 is 24.4 Å². The summed E-state index contributed by atoms with van der Waals surface area (Å²) >= 11 is 0. The number of aliphatic imine (C=N–C) groups is 1. The molecule has 0 aliphatic carbocycles. The first kappa shape index (κ1) is 19.5. The molecule has 6 nitrogen and oxygen atoms in total. The summed E-state index contributed by atoms with van der Waals surface area (Å²) < 4.78 is 17.4. The van der Waals surface area contributed by atoms with Crippen LogP contribution in [0.4, 0.5) is 0 Å². The van der Waals surface area contributed by atoms with E-state index in [0.29, 0.717) is 19.1 Å². The highest BCUT2D eigenvalue weighted by molar-refractivity contribution is 5.80. The summed E-state index contributed by atoms with van der Waals surface area (Å²) in [5, 5.41) is 3.40. The van der Waals surface area contributed by atoms with Crippen LogP contribution in [0, 0.1) is 5.92 Å². The second-order valence-corrected chi connectivity index (χ2v) is 6.94. The molecule has 0 bridgehead atoms.